The lowest BCUT2D eigenvalue weighted by molar-refractivity contribution is -0.122. The van der Waals surface area contributed by atoms with Crippen molar-refractivity contribution >= 4 is 27.5 Å². The zero-order valence-corrected chi connectivity index (χ0v) is 19.8. The lowest BCUT2D eigenvalue weighted by Crippen LogP contribution is -2.28. The van der Waals surface area contributed by atoms with E-state index in [0.717, 1.165) is 5.56 Å². The maximum atomic E-state index is 12.9. The molecule has 0 aliphatic rings. The minimum Gasteiger partial charge on any atom is -0.484 e. The van der Waals surface area contributed by atoms with E-state index in [-0.39, 0.29) is 29.5 Å². The van der Waals surface area contributed by atoms with Gasteiger partial charge in [-0.15, -0.1) is 0 Å². The van der Waals surface area contributed by atoms with E-state index in [1.807, 2.05) is 37.3 Å². The largest absolute Gasteiger partial charge is 0.484 e. The summed E-state index contributed by atoms with van der Waals surface area (Å²) in [5.74, 6) is -0.184. The van der Waals surface area contributed by atoms with Gasteiger partial charge in [0.05, 0.1) is 4.90 Å². The van der Waals surface area contributed by atoms with E-state index in [2.05, 4.69) is 15.4 Å². The van der Waals surface area contributed by atoms with Gasteiger partial charge in [0, 0.05) is 24.3 Å². The molecule has 9 heteroatoms. The third-order valence-corrected chi connectivity index (χ3v) is 6.45. The van der Waals surface area contributed by atoms with Gasteiger partial charge in [-0.1, -0.05) is 36.4 Å². The number of benzene rings is 3. The van der Waals surface area contributed by atoms with Crippen LogP contribution >= 0.6 is 0 Å². The van der Waals surface area contributed by atoms with Gasteiger partial charge in [-0.25, -0.2) is 13.1 Å². The molecule has 0 atom stereocenters. The second-order valence-electron chi connectivity index (χ2n) is 7.51. The van der Waals surface area contributed by atoms with Gasteiger partial charge in [0.25, 0.3) is 11.8 Å². The highest BCUT2D eigenvalue weighted by Gasteiger charge is 2.19. The Morgan fingerprint density at radius 2 is 1.65 bits per heavy atom. The van der Waals surface area contributed by atoms with Crippen LogP contribution in [0.1, 0.15) is 28.4 Å². The molecule has 0 saturated heterocycles. The van der Waals surface area contributed by atoms with Gasteiger partial charge >= 0.3 is 0 Å². The van der Waals surface area contributed by atoms with Crippen LogP contribution in [-0.2, 0) is 21.4 Å². The number of amides is 2. The van der Waals surface area contributed by atoms with Crippen LogP contribution in [0.2, 0.25) is 0 Å². The number of carbonyl (C=O) groups excluding carboxylic acids is 2. The first-order chi connectivity index (χ1) is 16.3. The number of carbonyl (C=O) groups is 2. The maximum Gasteiger partial charge on any atom is 0.257 e. The molecule has 3 aromatic carbocycles. The molecule has 0 aliphatic carbocycles. The Balaban J connectivity index is 1.66. The van der Waals surface area contributed by atoms with Crippen LogP contribution in [0.15, 0.2) is 77.7 Å². The lowest BCUT2D eigenvalue weighted by atomic mass is 10.1. The first-order valence-electron chi connectivity index (χ1n) is 10.7. The zero-order chi connectivity index (χ0) is 24.6. The molecule has 0 bridgehead atoms. The summed E-state index contributed by atoms with van der Waals surface area (Å²) in [6.45, 7) is 4.08. The second-order valence-corrected chi connectivity index (χ2v) is 9.25. The lowest BCUT2D eigenvalue weighted by Gasteiger charge is -2.12. The molecule has 0 aromatic heterocycles. The molecule has 0 aliphatic heterocycles. The molecular weight excluding hydrogens is 454 g/mol. The predicted octanol–water partition coefficient (Wildman–Crippen LogP) is 3.24. The van der Waals surface area contributed by atoms with Crippen LogP contribution in [0.4, 0.5) is 5.69 Å². The number of aryl methyl sites for hydroxylation is 1. The van der Waals surface area contributed by atoms with Crippen LogP contribution < -0.4 is 20.1 Å². The van der Waals surface area contributed by atoms with Crippen molar-refractivity contribution < 1.29 is 22.7 Å². The average Bonchev–Trinajstić information content (AvgIpc) is 2.83. The van der Waals surface area contributed by atoms with E-state index >= 15 is 0 Å². The standard InChI is InChI=1S/C25H27N3O5S/c1-3-26-24(29)17-33-22-13-11-21(12-14-22)28-25(30)20-10-9-18(2)23(15-20)34(31,32)27-16-19-7-5-4-6-8-19/h4-15,27H,3,16-17H2,1-2H3,(H,26,29)(H,28,30). The number of nitrogens with one attached hydrogen (secondary N) is 3. The Kier molecular flexibility index (Phi) is 8.39. The van der Waals surface area contributed by atoms with Crippen LogP contribution in [-0.4, -0.2) is 33.4 Å². The van der Waals surface area contributed by atoms with Crippen molar-refractivity contribution in [2.45, 2.75) is 25.3 Å². The summed E-state index contributed by atoms with van der Waals surface area (Å²) in [7, 11) is -3.82. The molecule has 0 fully saturated rings. The van der Waals surface area contributed by atoms with Crippen molar-refractivity contribution in [3.63, 3.8) is 0 Å². The Morgan fingerprint density at radius 1 is 0.941 bits per heavy atom. The number of hydrogen-bond donors (Lipinski definition) is 3. The molecule has 0 radical (unpaired) electrons. The number of likely N-dealkylation sites (N-methyl/N-ethyl adjacent to an activating group) is 1. The van der Waals surface area contributed by atoms with Crippen molar-refractivity contribution in [1.29, 1.82) is 0 Å². The fourth-order valence-electron chi connectivity index (χ4n) is 3.12. The second kappa shape index (κ2) is 11.4. The topological polar surface area (TPSA) is 114 Å². The summed E-state index contributed by atoms with van der Waals surface area (Å²) in [6, 6.07) is 20.3. The predicted molar refractivity (Wildman–Crippen MR) is 130 cm³/mol. The van der Waals surface area contributed by atoms with E-state index < -0.39 is 15.9 Å². The molecule has 2 amide bonds. The Hall–Kier alpha value is -3.69. The Labute approximate surface area is 199 Å². The maximum absolute atomic E-state index is 12.9. The summed E-state index contributed by atoms with van der Waals surface area (Å²) in [6.07, 6.45) is 0. The fraction of sp³-hybridized carbons (Fsp3) is 0.200. The number of hydrogen-bond acceptors (Lipinski definition) is 5. The van der Waals surface area contributed by atoms with Gasteiger partial charge in [-0.2, -0.15) is 0 Å². The van der Waals surface area contributed by atoms with Crippen molar-refractivity contribution in [3.05, 3.63) is 89.5 Å². The quantitative estimate of drug-likeness (QED) is 0.411. The van der Waals surface area contributed by atoms with Gasteiger partial charge in [-0.05, 0) is 61.4 Å². The van der Waals surface area contributed by atoms with Crippen LogP contribution in [0, 0.1) is 6.92 Å². The number of anilines is 1. The highest BCUT2D eigenvalue weighted by molar-refractivity contribution is 7.89. The SMILES string of the molecule is CCNC(=O)COc1ccc(NC(=O)c2ccc(C)c(S(=O)(=O)NCc3ccccc3)c2)cc1. The molecule has 0 heterocycles. The summed E-state index contributed by atoms with van der Waals surface area (Å²) in [5, 5.41) is 5.38. The Morgan fingerprint density at radius 3 is 2.32 bits per heavy atom. The van der Waals surface area contributed by atoms with E-state index in [0.29, 0.717) is 23.5 Å². The molecule has 178 valence electrons. The van der Waals surface area contributed by atoms with Crippen molar-refractivity contribution in [1.82, 2.24) is 10.0 Å². The molecular formula is C25H27N3O5S. The third-order valence-electron chi connectivity index (χ3n) is 4.91. The van der Waals surface area contributed by atoms with Crippen LogP contribution in [0.25, 0.3) is 0 Å². The molecule has 0 unspecified atom stereocenters. The summed E-state index contributed by atoms with van der Waals surface area (Å²) in [4.78, 5) is 24.3. The smallest absolute Gasteiger partial charge is 0.257 e. The molecule has 0 spiro atoms. The van der Waals surface area contributed by atoms with Gasteiger partial charge < -0.3 is 15.4 Å². The van der Waals surface area contributed by atoms with Gasteiger partial charge in [0.15, 0.2) is 6.61 Å². The summed E-state index contributed by atoms with van der Waals surface area (Å²) >= 11 is 0. The minimum absolute atomic E-state index is 0.0465. The number of sulfonamides is 1. The van der Waals surface area contributed by atoms with Crippen molar-refractivity contribution in [2.24, 2.45) is 0 Å². The van der Waals surface area contributed by atoms with Crippen LogP contribution in [0.5, 0.6) is 5.75 Å². The number of rotatable bonds is 10. The van der Waals surface area contributed by atoms with E-state index in [1.165, 1.54) is 6.07 Å². The average molecular weight is 482 g/mol. The van der Waals surface area contributed by atoms with Crippen LogP contribution in [0.3, 0.4) is 0 Å². The molecule has 3 N–H and O–H groups in total. The minimum atomic E-state index is -3.82. The number of ether oxygens (including phenoxy) is 1. The molecule has 0 saturated carbocycles. The third kappa shape index (κ3) is 6.90. The van der Waals surface area contributed by atoms with Gasteiger partial charge in [-0.3, -0.25) is 9.59 Å². The molecule has 8 nitrogen and oxygen atoms in total. The molecule has 34 heavy (non-hydrogen) atoms. The zero-order valence-electron chi connectivity index (χ0n) is 19.0. The van der Waals surface area contributed by atoms with E-state index in [9.17, 15) is 18.0 Å². The van der Waals surface area contributed by atoms with Crippen molar-refractivity contribution in [3.8, 4) is 5.75 Å². The van der Waals surface area contributed by atoms with Gasteiger partial charge in [0.1, 0.15) is 5.75 Å². The summed E-state index contributed by atoms with van der Waals surface area (Å²) < 4.78 is 33.7. The summed E-state index contributed by atoms with van der Waals surface area (Å²) in [5.41, 5.74) is 2.08. The van der Waals surface area contributed by atoms with Gasteiger partial charge in [0.2, 0.25) is 10.0 Å². The molecule has 3 aromatic rings. The molecule has 3 rings (SSSR count). The highest BCUT2D eigenvalue weighted by atomic mass is 32.2. The first-order valence-corrected chi connectivity index (χ1v) is 12.2. The van der Waals surface area contributed by atoms with Crippen molar-refractivity contribution in [2.75, 3.05) is 18.5 Å². The fourth-order valence-corrected chi connectivity index (χ4v) is 4.40. The normalized spacial score (nSPS) is 11.0. The highest BCUT2D eigenvalue weighted by Crippen LogP contribution is 2.20. The Bertz CT molecular complexity index is 1240. The monoisotopic (exact) mass is 481 g/mol. The first kappa shape index (κ1) is 24.9. The van der Waals surface area contributed by atoms with E-state index in [1.54, 1.807) is 43.3 Å². The van der Waals surface area contributed by atoms with E-state index in [4.69, 9.17) is 4.74 Å².